The molecule has 0 spiro atoms. The van der Waals surface area contributed by atoms with Crippen molar-refractivity contribution in [3.63, 3.8) is 0 Å². The van der Waals surface area contributed by atoms with Crippen molar-refractivity contribution in [2.45, 2.75) is 6.92 Å². The molecule has 0 saturated carbocycles. The third-order valence-corrected chi connectivity index (χ3v) is 4.32. The van der Waals surface area contributed by atoms with Crippen LogP contribution in [0.3, 0.4) is 0 Å². The van der Waals surface area contributed by atoms with E-state index in [1.54, 1.807) is 12.3 Å². The number of H-pyrrole nitrogens is 1. The second-order valence-corrected chi connectivity index (χ2v) is 6.44. The summed E-state index contributed by atoms with van der Waals surface area (Å²) in [6.07, 6.45) is 1.68. The van der Waals surface area contributed by atoms with Gasteiger partial charge in [-0.15, -0.1) is 0 Å². The Labute approximate surface area is 142 Å². The molecule has 6 nitrogen and oxygen atoms in total. The molecule has 0 aromatic carbocycles. The molecular weight excluding hydrogens is 417 g/mol. The zero-order chi connectivity index (χ0) is 15.7. The molecule has 0 amide bonds. The quantitative estimate of drug-likeness (QED) is 0.251. The summed E-state index contributed by atoms with van der Waals surface area (Å²) in [6.45, 7) is 1.30. The van der Waals surface area contributed by atoms with E-state index < -0.39 is 27.0 Å². The minimum absolute atomic E-state index is 0.0876. The van der Waals surface area contributed by atoms with Gasteiger partial charge in [0.2, 0.25) is 0 Å². The number of hydrogen-bond acceptors (Lipinski definition) is 5. The fraction of sp³-hybridized carbons (Fsp3) is 0.0769. The number of hydrogen-bond donors (Lipinski definition) is 1. The van der Waals surface area contributed by atoms with Crippen molar-refractivity contribution >= 4 is 34.4 Å². The Morgan fingerprint density at radius 1 is 1.41 bits per heavy atom. The fourth-order valence-electron chi connectivity index (χ4n) is 1.86. The van der Waals surface area contributed by atoms with Crippen molar-refractivity contribution in [2.24, 2.45) is 0 Å². The van der Waals surface area contributed by atoms with Gasteiger partial charge in [0.1, 0.15) is 0 Å². The monoisotopic (exact) mass is 425 g/mol. The number of carbonyl (C=O) groups excluding carboxylic acids is 1. The Hall–Kier alpha value is -1.68. The third-order valence-electron chi connectivity index (χ3n) is 2.76. The molecule has 3 rings (SSSR count). The number of halogens is 2. The molecule has 0 aliphatic rings. The summed E-state index contributed by atoms with van der Waals surface area (Å²) in [6, 6.07) is 5.50. The Bertz CT molecular complexity index is 853. The normalized spacial score (nSPS) is 11.0. The maximum absolute atomic E-state index is 11.0. The second kappa shape index (κ2) is 6.21. The predicted octanol–water partition coefficient (Wildman–Crippen LogP) is -1.06. The van der Waals surface area contributed by atoms with Gasteiger partial charge in [0.25, 0.3) is 0 Å². The fourth-order valence-corrected chi connectivity index (χ4v) is 2.81. The van der Waals surface area contributed by atoms with Gasteiger partial charge in [-0.3, -0.25) is 0 Å². The number of esters is 1. The molecule has 3 aromatic heterocycles. The molecule has 1 N–H and O–H groups in total. The van der Waals surface area contributed by atoms with Crippen molar-refractivity contribution in [1.82, 2.24) is 19.9 Å². The van der Waals surface area contributed by atoms with Gasteiger partial charge in [-0.1, -0.05) is 0 Å². The van der Waals surface area contributed by atoms with E-state index in [1.165, 1.54) is 6.92 Å². The first-order chi connectivity index (χ1) is 10.6. The molecule has 22 heavy (non-hydrogen) atoms. The van der Waals surface area contributed by atoms with Crippen LogP contribution in [0.25, 0.3) is 22.4 Å². The molecule has 0 unspecified atom stereocenters. The van der Waals surface area contributed by atoms with E-state index in [0.29, 0.717) is 21.9 Å². The van der Waals surface area contributed by atoms with Crippen LogP contribution in [0.15, 0.2) is 24.4 Å². The van der Waals surface area contributed by atoms with E-state index in [9.17, 15) is 4.79 Å². The van der Waals surface area contributed by atoms with Crippen LogP contribution >= 0.6 is 11.6 Å². The number of fused-ring (bicyclic) bond motifs is 1. The van der Waals surface area contributed by atoms with Gasteiger partial charge in [0, 0.05) is 0 Å². The molecule has 3 aromatic rings. The van der Waals surface area contributed by atoms with E-state index >= 15 is 0 Å². The van der Waals surface area contributed by atoms with Gasteiger partial charge < -0.3 is 0 Å². The Kier molecular flexibility index (Phi) is 4.30. The van der Waals surface area contributed by atoms with Gasteiger partial charge in [-0.05, 0) is 0 Å². The van der Waals surface area contributed by atoms with E-state index in [-0.39, 0.29) is 6.01 Å². The zero-order valence-electron chi connectivity index (χ0n) is 11.3. The maximum atomic E-state index is 11.0. The number of carbonyl (C=O) groups is 1. The first kappa shape index (κ1) is 15.2. The summed E-state index contributed by atoms with van der Waals surface area (Å²) in [5, 5.41) is 0.447. The van der Waals surface area contributed by atoms with Crippen LogP contribution in [0.2, 0.25) is 5.02 Å². The average molecular weight is 425 g/mol. The van der Waals surface area contributed by atoms with Crippen LogP contribution < -0.4 is 25.7 Å². The number of aromatic amines is 1. The first-order valence-electron chi connectivity index (χ1n) is 6.11. The molecule has 0 aliphatic carbocycles. The minimum atomic E-state index is -0.546. The second-order valence-electron chi connectivity index (χ2n) is 4.30. The van der Waals surface area contributed by atoms with Crippen LogP contribution in [0.1, 0.15) is 6.92 Å². The SMILES string of the molecule is [B][I-]c1ccc(-c2nc3nc(OC(C)=O)[nH]c3cc2Cl)cn1. The zero-order valence-corrected chi connectivity index (χ0v) is 14.2. The summed E-state index contributed by atoms with van der Waals surface area (Å²) in [5.41, 5.74) is 7.96. The van der Waals surface area contributed by atoms with E-state index in [2.05, 4.69) is 19.9 Å². The molecule has 110 valence electrons. The Balaban J connectivity index is 2.05. The number of imidazole rings is 1. The molecule has 0 saturated heterocycles. The van der Waals surface area contributed by atoms with Crippen molar-refractivity contribution in [3.8, 4) is 17.3 Å². The van der Waals surface area contributed by atoms with Crippen LogP contribution in [-0.2, 0) is 4.79 Å². The van der Waals surface area contributed by atoms with Gasteiger partial charge in [-0.25, -0.2) is 0 Å². The molecule has 9 heteroatoms. The number of pyridine rings is 2. The number of nitrogens with one attached hydrogen (secondary N) is 1. The van der Waals surface area contributed by atoms with Crippen LogP contribution in [0.4, 0.5) is 0 Å². The Morgan fingerprint density at radius 3 is 2.86 bits per heavy atom. The summed E-state index contributed by atoms with van der Waals surface area (Å²) in [5.74, 6) is -0.463. The van der Waals surface area contributed by atoms with Crippen molar-refractivity contribution in [1.29, 1.82) is 0 Å². The average Bonchev–Trinajstić information content (AvgIpc) is 2.86. The predicted molar refractivity (Wildman–Crippen MR) is 77.9 cm³/mol. The number of ether oxygens (including phenoxy) is 1. The topological polar surface area (TPSA) is 80.8 Å². The van der Waals surface area contributed by atoms with E-state index in [4.69, 9.17) is 22.0 Å². The van der Waals surface area contributed by atoms with Gasteiger partial charge >= 0.3 is 142 Å². The molecule has 0 atom stereocenters. The molecule has 3 heterocycles. The van der Waals surface area contributed by atoms with Crippen molar-refractivity contribution < 1.29 is 30.5 Å². The van der Waals surface area contributed by atoms with Gasteiger partial charge in [-0.2, -0.15) is 0 Å². The standard InChI is InChI=1S/C13H8BClIN4O2/c1-6(21)22-13-18-9-4-8(15)11(19-12(9)20-13)7-2-3-10(16-14)17-5-7/h2-5H,1H3,(H,18,19,20)/q-1. The summed E-state index contributed by atoms with van der Waals surface area (Å²) in [4.78, 5) is 26.6. The van der Waals surface area contributed by atoms with Crippen molar-refractivity contribution in [3.05, 3.63) is 33.1 Å². The van der Waals surface area contributed by atoms with Gasteiger partial charge in [0.15, 0.2) is 0 Å². The molecular formula is C13H8BClIN4O2-. The molecule has 0 aliphatic heterocycles. The number of rotatable bonds is 3. The summed E-state index contributed by atoms with van der Waals surface area (Å²) < 4.78 is 5.79. The number of aromatic nitrogens is 4. The molecule has 0 bridgehead atoms. The van der Waals surface area contributed by atoms with Crippen molar-refractivity contribution in [2.75, 3.05) is 0 Å². The van der Waals surface area contributed by atoms with Crippen LogP contribution in [0, 0.1) is 3.70 Å². The Morgan fingerprint density at radius 2 is 2.23 bits per heavy atom. The van der Waals surface area contributed by atoms with Crippen LogP contribution in [0.5, 0.6) is 6.01 Å². The summed E-state index contributed by atoms with van der Waals surface area (Å²) >= 11 is 5.72. The molecule has 2 radical (unpaired) electrons. The van der Waals surface area contributed by atoms with Crippen LogP contribution in [-0.4, -0.2) is 31.6 Å². The van der Waals surface area contributed by atoms with Gasteiger partial charge in [0.05, 0.1) is 0 Å². The van der Waals surface area contributed by atoms with E-state index in [0.717, 1.165) is 9.26 Å². The number of nitrogens with zero attached hydrogens (tertiary/aromatic N) is 3. The molecule has 0 fully saturated rings. The van der Waals surface area contributed by atoms with E-state index in [1.807, 2.05) is 12.1 Å². The first-order valence-corrected chi connectivity index (χ1v) is 8.81. The summed E-state index contributed by atoms with van der Waals surface area (Å²) in [7, 11) is 0. The third kappa shape index (κ3) is 3.07.